The van der Waals surface area contributed by atoms with E-state index in [0.29, 0.717) is 18.4 Å². The van der Waals surface area contributed by atoms with E-state index in [4.69, 9.17) is 23.7 Å². The van der Waals surface area contributed by atoms with Crippen LogP contribution in [-0.2, 0) is 33.3 Å². The molecule has 9 atom stereocenters. The van der Waals surface area contributed by atoms with Gasteiger partial charge in [0.2, 0.25) is 6.29 Å². The molecule has 0 amide bonds. The van der Waals surface area contributed by atoms with E-state index >= 15 is 0 Å². The van der Waals surface area contributed by atoms with Gasteiger partial charge in [-0.25, -0.2) is 4.79 Å². The maximum absolute atomic E-state index is 12.7. The van der Waals surface area contributed by atoms with Crippen molar-refractivity contribution in [2.45, 2.75) is 82.6 Å². The van der Waals surface area contributed by atoms with E-state index in [2.05, 4.69) is 0 Å². The molecule has 0 spiro atoms. The predicted octanol–water partition coefficient (Wildman–Crippen LogP) is -0.737. The average molecular weight is 517 g/mol. The number of rotatable bonds is 11. The first-order valence-electron chi connectivity index (χ1n) is 12.3. The molecule has 0 aromatic carbocycles. The summed E-state index contributed by atoms with van der Waals surface area (Å²) in [6.07, 6.45) is -5.17. The van der Waals surface area contributed by atoms with Gasteiger partial charge in [-0.1, -0.05) is 26.3 Å². The quantitative estimate of drug-likeness (QED) is 0.132. The highest BCUT2D eigenvalue weighted by atomic mass is 16.8. The van der Waals surface area contributed by atoms with Crippen LogP contribution in [0.3, 0.4) is 0 Å². The Kier molecular flexibility index (Phi) is 10.3. The zero-order valence-electron chi connectivity index (χ0n) is 20.4. The summed E-state index contributed by atoms with van der Waals surface area (Å²) < 4.78 is 27.5. The molecule has 2 aliphatic heterocycles. The Balaban J connectivity index is 1.83. The predicted molar refractivity (Wildman–Crippen MR) is 121 cm³/mol. The largest absolute Gasteiger partial charge is 0.471 e. The minimum atomic E-state index is -1.68. The molecule has 0 saturated carbocycles. The first-order chi connectivity index (χ1) is 17.2. The summed E-state index contributed by atoms with van der Waals surface area (Å²) in [5.41, 5.74) is 0.502. The number of hydrogen-bond donors (Lipinski definition) is 5. The molecule has 36 heavy (non-hydrogen) atoms. The van der Waals surface area contributed by atoms with Crippen LogP contribution < -0.4 is 0 Å². The minimum Gasteiger partial charge on any atom is -0.471 e. The summed E-state index contributed by atoms with van der Waals surface area (Å²) in [7, 11) is 0. The highest BCUT2D eigenvalue weighted by molar-refractivity contribution is 5.89. The maximum Gasteiger partial charge on any atom is 0.337 e. The fraction of sp³-hybridized carbons (Fsp3) is 0.750. The lowest BCUT2D eigenvalue weighted by atomic mass is 9.82. The molecule has 0 aromatic rings. The molecule has 0 unspecified atom stereocenters. The Hall–Kier alpha value is -2.06. The second-order valence-electron chi connectivity index (χ2n) is 9.09. The van der Waals surface area contributed by atoms with Crippen molar-refractivity contribution in [1.82, 2.24) is 0 Å². The molecule has 12 nitrogen and oxygen atoms in total. The SMILES string of the molecule is CCCCOC(=O)C1=CO[C@@H](O[C@@H]2O[C@H](CO)[C@@H](O)[C@H](O)[C@H]2O)[C@@H]2C(COC(=O)CCC)=C[C@H](O)[C@H]12. The second-order valence-corrected chi connectivity index (χ2v) is 9.09. The zero-order valence-corrected chi connectivity index (χ0v) is 20.4. The topological polar surface area (TPSA) is 181 Å². The third-order valence-electron chi connectivity index (χ3n) is 6.49. The van der Waals surface area contributed by atoms with Gasteiger partial charge < -0.3 is 49.2 Å². The summed E-state index contributed by atoms with van der Waals surface area (Å²) in [4.78, 5) is 24.7. The molecule has 0 radical (unpaired) electrons. The normalized spacial score (nSPS) is 35.8. The van der Waals surface area contributed by atoms with Gasteiger partial charge in [0.15, 0.2) is 6.29 Å². The van der Waals surface area contributed by atoms with E-state index in [1.54, 1.807) is 0 Å². The van der Waals surface area contributed by atoms with Gasteiger partial charge in [0.1, 0.15) is 31.0 Å². The minimum absolute atomic E-state index is 0.0726. The average Bonchev–Trinajstić information content (AvgIpc) is 3.20. The molecule has 3 aliphatic rings. The Morgan fingerprint density at radius 1 is 0.972 bits per heavy atom. The molecule has 204 valence electrons. The van der Waals surface area contributed by atoms with Crippen LogP contribution >= 0.6 is 0 Å². The lowest BCUT2D eigenvalue weighted by molar-refractivity contribution is -0.340. The van der Waals surface area contributed by atoms with Crippen LogP contribution in [0.5, 0.6) is 0 Å². The molecule has 12 heteroatoms. The summed E-state index contributed by atoms with van der Waals surface area (Å²) in [6.45, 7) is 3.14. The second kappa shape index (κ2) is 13.0. The van der Waals surface area contributed by atoms with Gasteiger partial charge in [-0.3, -0.25) is 4.79 Å². The highest BCUT2D eigenvalue weighted by Gasteiger charge is 2.52. The molecule has 1 aliphatic carbocycles. The zero-order chi connectivity index (χ0) is 26.4. The number of esters is 2. The Labute approximate surface area is 209 Å². The number of aliphatic hydroxyl groups excluding tert-OH is 5. The molecule has 2 heterocycles. The highest BCUT2D eigenvalue weighted by Crippen LogP contribution is 2.45. The van der Waals surface area contributed by atoms with Crippen LogP contribution in [-0.4, -0.2) is 100 Å². The van der Waals surface area contributed by atoms with E-state index in [1.807, 2.05) is 13.8 Å². The number of ether oxygens (including phenoxy) is 5. The Bertz CT molecular complexity index is 824. The van der Waals surface area contributed by atoms with Crippen LogP contribution in [0.25, 0.3) is 0 Å². The van der Waals surface area contributed by atoms with E-state index in [0.717, 1.165) is 12.7 Å². The van der Waals surface area contributed by atoms with Crippen molar-refractivity contribution in [3.63, 3.8) is 0 Å². The van der Waals surface area contributed by atoms with Crippen LogP contribution in [0, 0.1) is 11.8 Å². The van der Waals surface area contributed by atoms with Gasteiger partial charge in [0.05, 0.1) is 37.1 Å². The Morgan fingerprint density at radius 3 is 2.39 bits per heavy atom. The monoisotopic (exact) mass is 516 g/mol. The van der Waals surface area contributed by atoms with E-state index < -0.39 is 73.5 Å². The van der Waals surface area contributed by atoms with Crippen molar-refractivity contribution in [3.05, 3.63) is 23.5 Å². The van der Waals surface area contributed by atoms with E-state index in [-0.39, 0.29) is 25.2 Å². The van der Waals surface area contributed by atoms with Crippen molar-refractivity contribution in [2.24, 2.45) is 11.8 Å². The summed E-state index contributed by atoms with van der Waals surface area (Å²) in [5, 5.41) is 50.8. The van der Waals surface area contributed by atoms with Crippen molar-refractivity contribution in [2.75, 3.05) is 19.8 Å². The molecule has 1 saturated heterocycles. The van der Waals surface area contributed by atoms with Gasteiger partial charge in [0, 0.05) is 12.3 Å². The van der Waals surface area contributed by atoms with Crippen LogP contribution in [0.1, 0.15) is 39.5 Å². The van der Waals surface area contributed by atoms with Gasteiger partial charge in [0.25, 0.3) is 0 Å². The first kappa shape index (κ1) is 28.5. The number of fused-ring (bicyclic) bond motifs is 1. The molecule has 1 fully saturated rings. The fourth-order valence-electron chi connectivity index (χ4n) is 4.49. The lowest BCUT2D eigenvalue weighted by Gasteiger charge is -2.43. The van der Waals surface area contributed by atoms with Crippen LogP contribution in [0.15, 0.2) is 23.5 Å². The van der Waals surface area contributed by atoms with Gasteiger partial charge in [-0.2, -0.15) is 0 Å². The summed E-state index contributed by atoms with van der Waals surface area (Å²) in [5.74, 6) is -2.79. The van der Waals surface area contributed by atoms with Crippen molar-refractivity contribution in [3.8, 4) is 0 Å². The number of hydrogen-bond acceptors (Lipinski definition) is 12. The number of carbonyl (C=O) groups excluding carboxylic acids is 2. The third kappa shape index (κ3) is 6.25. The Morgan fingerprint density at radius 2 is 1.72 bits per heavy atom. The standard InChI is InChI=1S/C24H36O12/c1-3-5-7-32-22(31)13-11-34-23(36-24-21(30)20(29)19(28)15(9-25)35-24)17-12(8-14(26)18(13)17)10-33-16(27)6-4-2/h8,11,14-15,17-21,23-26,28-30H,3-7,9-10H2,1-2H3/t14-,15+,17+,18-,19+,20-,21+,23-,24-/m0/s1. The smallest absolute Gasteiger partial charge is 0.337 e. The van der Waals surface area contributed by atoms with Crippen LogP contribution in [0.2, 0.25) is 0 Å². The van der Waals surface area contributed by atoms with Crippen molar-refractivity contribution < 1.29 is 58.8 Å². The van der Waals surface area contributed by atoms with E-state index in [1.165, 1.54) is 6.08 Å². The van der Waals surface area contributed by atoms with Crippen molar-refractivity contribution >= 4 is 11.9 Å². The molecule has 0 bridgehead atoms. The first-order valence-corrected chi connectivity index (χ1v) is 12.3. The number of unbranched alkanes of at least 4 members (excludes halogenated alkanes) is 1. The van der Waals surface area contributed by atoms with Crippen LogP contribution in [0.4, 0.5) is 0 Å². The molecule has 3 rings (SSSR count). The maximum atomic E-state index is 12.7. The molecular weight excluding hydrogens is 480 g/mol. The number of carbonyl (C=O) groups is 2. The van der Waals surface area contributed by atoms with Crippen molar-refractivity contribution in [1.29, 1.82) is 0 Å². The summed E-state index contributed by atoms with van der Waals surface area (Å²) >= 11 is 0. The molecule has 0 aromatic heterocycles. The van der Waals surface area contributed by atoms with Gasteiger partial charge >= 0.3 is 11.9 Å². The molecular formula is C24H36O12. The van der Waals surface area contributed by atoms with Gasteiger partial charge in [-0.05, 0) is 18.4 Å². The van der Waals surface area contributed by atoms with E-state index in [9.17, 15) is 35.1 Å². The van der Waals surface area contributed by atoms with Gasteiger partial charge in [-0.15, -0.1) is 0 Å². The third-order valence-corrected chi connectivity index (χ3v) is 6.49. The lowest BCUT2D eigenvalue weighted by Crippen LogP contribution is -2.60. The number of aliphatic hydroxyl groups is 5. The summed E-state index contributed by atoms with van der Waals surface area (Å²) in [6, 6.07) is 0. The fourth-order valence-corrected chi connectivity index (χ4v) is 4.49. The molecule has 5 N–H and O–H groups in total.